The van der Waals surface area contributed by atoms with Gasteiger partial charge in [0.2, 0.25) is 0 Å². The van der Waals surface area contributed by atoms with Gasteiger partial charge in [-0.2, -0.15) is 0 Å². The highest BCUT2D eigenvalue weighted by Crippen LogP contribution is 2.09. The Morgan fingerprint density at radius 2 is 2.00 bits per heavy atom. The second-order valence-corrected chi connectivity index (χ2v) is 2.89. The van der Waals surface area contributed by atoms with Crippen LogP contribution in [0.15, 0.2) is 24.3 Å². The van der Waals surface area contributed by atoms with Gasteiger partial charge in [0.15, 0.2) is 0 Å². The Morgan fingerprint density at radius 1 is 1.36 bits per heavy atom. The van der Waals surface area contributed by atoms with Crippen LogP contribution in [0.5, 0.6) is 5.75 Å². The molecule has 0 atom stereocenters. The number of phenols is 1. The topological polar surface area (TPSA) is 32.3 Å². The molecule has 0 bridgehead atoms. The maximum absolute atomic E-state index is 8.96. The first-order valence-corrected chi connectivity index (χ1v) is 4.59. The lowest BCUT2D eigenvalue weighted by Crippen LogP contribution is -2.00. The summed E-state index contributed by atoms with van der Waals surface area (Å²) < 4.78 is 3.12. The zero-order chi connectivity index (χ0) is 8.10. The van der Waals surface area contributed by atoms with Crippen molar-refractivity contribution in [2.45, 2.75) is 6.54 Å². The fourth-order valence-electron chi connectivity index (χ4n) is 0.769. The Labute approximate surface area is 70.8 Å². The maximum Gasteiger partial charge on any atom is 0.115 e. The molecule has 3 heteroatoms. The molecule has 11 heavy (non-hydrogen) atoms. The van der Waals surface area contributed by atoms with E-state index in [0.717, 1.165) is 6.54 Å². The third kappa shape index (κ3) is 2.82. The molecule has 0 heterocycles. The van der Waals surface area contributed by atoms with Gasteiger partial charge in [0.05, 0.1) is 0 Å². The average molecular weight is 169 g/mol. The average Bonchev–Trinajstić information content (AvgIpc) is 2.04. The van der Waals surface area contributed by atoms with Crippen LogP contribution in [0.25, 0.3) is 0 Å². The summed E-state index contributed by atoms with van der Waals surface area (Å²) in [6.07, 6.45) is 1.99. The van der Waals surface area contributed by atoms with Crippen molar-refractivity contribution >= 4 is 11.9 Å². The predicted molar refractivity (Wildman–Crippen MR) is 48.5 cm³/mol. The van der Waals surface area contributed by atoms with Crippen LogP contribution in [0.4, 0.5) is 0 Å². The largest absolute Gasteiger partial charge is 0.508 e. The summed E-state index contributed by atoms with van der Waals surface area (Å²) in [5.41, 5.74) is 1.18. The molecule has 0 amide bonds. The molecule has 2 N–H and O–H groups in total. The van der Waals surface area contributed by atoms with Crippen LogP contribution in [0.2, 0.25) is 0 Å². The van der Waals surface area contributed by atoms with Gasteiger partial charge < -0.3 is 5.11 Å². The molecule has 0 saturated carbocycles. The van der Waals surface area contributed by atoms with Crippen molar-refractivity contribution in [1.82, 2.24) is 4.72 Å². The van der Waals surface area contributed by atoms with E-state index < -0.39 is 0 Å². The van der Waals surface area contributed by atoms with Crippen LogP contribution in [0.1, 0.15) is 5.56 Å². The highest BCUT2D eigenvalue weighted by atomic mass is 32.2. The fraction of sp³-hybridized carbons (Fsp3) is 0.250. The Hall–Kier alpha value is -0.670. The number of hydrogen-bond acceptors (Lipinski definition) is 3. The highest BCUT2D eigenvalue weighted by molar-refractivity contribution is 7.96. The molecule has 1 rings (SSSR count). The Kier molecular flexibility index (Phi) is 3.26. The van der Waals surface area contributed by atoms with Crippen LogP contribution in [-0.4, -0.2) is 11.4 Å². The Bertz CT molecular complexity index is 210. The van der Waals surface area contributed by atoms with E-state index in [0.29, 0.717) is 5.75 Å². The second kappa shape index (κ2) is 4.26. The molecule has 1 aromatic rings. The van der Waals surface area contributed by atoms with Gasteiger partial charge in [-0.15, -0.1) is 0 Å². The number of rotatable bonds is 3. The molecule has 0 fully saturated rings. The van der Waals surface area contributed by atoms with Gasteiger partial charge in [-0.25, -0.2) is 0 Å². The zero-order valence-electron chi connectivity index (χ0n) is 6.37. The summed E-state index contributed by atoms with van der Waals surface area (Å²) in [6.45, 7) is 0.835. The van der Waals surface area contributed by atoms with Gasteiger partial charge in [-0.1, -0.05) is 24.1 Å². The van der Waals surface area contributed by atoms with E-state index in [-0.39, 0.29) is 0 Å². The maximum atomic E-state index is 8.96. The number of phenolic OH excluding ortho intramolecular Hbond substituents is 1. The molecule has 0 aliphatic rings. The Balaban J connectivity index is 2.52. The van der Waals surface area contributed by atoms with Crippen LogP contribution in [0, 0.1) is 0 Å². The second-order valence-electron chi connectivity index (χ2n) is 2.19. The summed E-state index contributed by atoms with van der Waals surface area (Å²) in [5, 5.41) is 8.96. The summed E-state index contributed by atoms with van der Waals surface area (Å²) in [7, 11) is 0. The van der Waals surface area contributed by atoms with Gasteiger partial charge >= 0.3 is 0 Å². The SMILES string of the molecule is CSNCc1ccc(O)cc1. The molecule has 60 valence electrons. The lowest BCUT2D eigenvalue weighted by molar-refractivity contribution is 0.475. The van der Waals surface area contributed by atoms with Crippen molar-refractivity contribution in [2.75, 3.05) is 6.26 Å². The monoisotopic (exact) mass is 169 g/mol. The summed E-state index contributed by atoms with van der Waals surface area (Å²) in [5.74, 6) is 0.318. The molecule has 0 aliphatic heterocycles. The number of benzene rings is 1. The molecular weight excluding hydrogens is 158 g/mol. The predicted octanol–water partition coefficient (Wildman–Crippen LogP) is 1.76. The molecule has 0 saturated heterocycles. The van der Waals surface area contributed by atoms with Crippen molar-refractivity contribution in [3.05, 3.63) is 29.8 Å². The molecule has 2 nitrogen and oxygen atoms in total. The van der Waals surface area contributed by atoms with Crippen LogP contribution < -0.4 is 4.72 Å². The van der Waals surface area contributed by atoms with E-state index in [1.165, 1.54) is 5.56 Å². The minimum atomic E-state index is 0.318. The normalized spacial score (nSPS) is 9.91. The molecule has 0 aliphatic carbocycles. The summed E-state index contributed by atoms with van der Waals surface area (Å²) in [6, 6.07) is 7.19. The summed E-state index contributed by atoms with van der Waals surface area (Å²) >= 11 is 1.59. The third-order valence-electron chi connectivity index (χ3n) is 1.36. The van der Waals surface area contributed by atoms with Crippen molar-refractivity contribution in [2.24, 2.45) is 0 Å². The van der Waals surface area contributed by atoms with Gasteiger partial charge in [0.25, 0.3) is 0 Å². The van der Waals surface area contributed by atoms with E-state index in [2.05, 4.69) is 4.72 Å². The van der Waals surface area contributed by atoms with Gasteiger partial charge in [0.1, 0.15) is 5.75 Å². The van der Waals surface area contributed by atoms with E-state index in [1.807, 2.05) is 18.4 Å². The minimum absolute atomic E-state index is 0.318. The highest BCUT2D eigenvalue weighted by Gasteiger charge is 1.90. The molecular formula is C8H11NOS. The van der Waals surface area contributed by atoms with Crippen molar-refractivity contribution < 1.29 is 5.11 Å². The molecule has 0 radical (unpaired) electrons. The summed E-state index contributed by atoms with van der Waals surface area (Å²) in [4.78, 5) is 0. The lowest BCUT2D eigenvalue weighted by Gasteiger charge is -2.00. The number of hydrogen-bond donors (Lipinski definition) is 2. The Morgan fingerprint density at radius 3 is 2.55 bits per heavy atom. The first kappa shape index (κ1) is 8.43. The number of aromatic hydroxyl groups is 1. The number of nitrogens with one attached hydrogen (secondary N) is 1. The van der Waals surface area contributed by atoms with Crippen molar-refractivity contribution in [1.29, 1.82) is 0 Å². The van der Waals surface area contributed by atoms with E-state index in [4.69, 9.17) is 5.11 Å². The smallest absolute Gasteiger partial charge is 0.115 e. The van der Waals surface area contributed by atoms with Crippen molar-refractivity contribution in [3.63, 3.8) is 0 Å². The lowest BCUT2D eigenvalue weighted by atomic mass is 10.2. The molecule has 0 spiro atoms. The first-order valence-electron chi connectivity index (χ1n) is 3.36. The van der Waals surface area contributed by atoms with Crippen molar-refractivity contribution in [3.8, 4) is 5.75 Å². The standard InChI is InChI=1S/C8H11NOS/c1-11-9-6-7-2-4-8(10)5-3-7/h2-5,9-10H,6H2,1H3. The molecule has 0 unspecified atom stereocenters. The first-order chi connectivity index (χ1) is 5.33. The van der Waals surface area contributed by atoms with E-state index in [9.17, 15) is 0 Å². The van der Waals surface area contributed by atoms with Gasteiger partial charge in [0, 0.05) is 6.54 Å². The van der Waals surface area contributed by atoms with E-state index >= 15 is 0 Å². The van der Waals surface area contributed by atoms with Gasteiger partial charge in [-0.3, -0.25) is 4.72 Å². The minimum Gasteiger partial charge on any atom is -0.508 e. The van der Waals surface area contributed by atoms with Crippen LogP contribution in [-0.2, 0) is 6.54 Å². The molecule has 0 aromatic heterocycles. The van der Waals surface area contributed by atoms with Gasteiger partial charge in [-0.05, 0) is 24.0 Å². The van der Waals surface area contributed by atoms with Crippen LogP contribution in [0.3, 0.4) is 0 Å². The fourth-order valence-corrected chi connectivity index (χ4v) is 1.08. The third-order valence-corrected chi connectivity index (χ3v) is 1.79. The quantitative estimate of drug-likeness (QED) is 0.676. The molecule has 1 aromatic carbocycles. The van der Waals surface area contributed by atoms with E-state index in [1.54, 1.807) is 24.1 Å². The van der Waals surface area contributed by atoms with Crippen LogP contribution >= 0.6 is 11.9 Å². The zero-order valence-corrected chi connectivity index (χ0v) is 7.19.